The van der Waals surface area contributed by atoms with Crippen LogP contribution in [0.3, 0.4) is 0 Å². The summed E-state index contributed by atoms with van der Waals surface area (Å²) < 4.78 is 2.56. The van der Waals surface area contributed by atoms with Crippen molar-refractivity contribution in [2.45, 2.75) is 20.0 Å². The summed E-state index contributed by atoms with van der Waals surface area (Å²) in [5.74, 6) is 0. The SMILES string of the molecule is Cc1nc(CNCc2cc(=O)n(C)c(=O)n2C)cs1. The van der Waals surface area contributed by atoms with Gasteiger partial charge in [0.05, 0.1) is 10.7 Å². The lowest BCUT2D eigenvalue weighted by Crippen LogP contribution is -2.39. The number of nitrogens with zero attached hydrogens (tertiary/aromatic N) is 3. The van der Waals surface area contributed by atoms with Crippen LogP contribution in [0.15, 0.2) is 21.0 Å². The lowest BCUT2D eigenvalue weighted by atomic mass is 10.3. The van der Waals surface area contributed by atoms with Crippen molar-refractivity contribution in [1.29, 1.82) is 0 Å². The molecule has 0 aromatic carbocycles. The minimum atomic E-state index is -0.311. The van der Waals surface area contributed by atoms with E-state index in [1.54, 1.807) is 18.4 Å². The van der Waals surface area contributed by atoms with E-state index in [2.05, 4.69) is 10.3 Å². The van der Waals surface area contributed by atoms with Crippen LogP contribution in [0.2, 0.25) is 0 Å². The van der Waals surface area contributed by atoms with Crippen LogP contribution in [0.5, 0.6) is 0 Å². The highest BCUT2D eigenvalue weighted by molar-refractivity contribution is 7.09. The quantitative estimate of drug-likeness (QED) is 0.865. The molecule has 2 aromatic rings. The Kier molecular flexibility index (Phi) is 3.96. The summed E-state index contributed by atoms with van der Waals surface area (Å²) in [7, 11) is 3.13. The van der Waals surface area contributed by atoms with Crippen molar-refractivity contribution >= 4 is 11.3 Å². The topological polar surface area (TPSA) is 68.9 Å². The number of thiazole rings is 1. The number of rotatable bonds is 4. The Morgan fingerprint density at radius 1 is 1.26 bits per heavy atom. The molecule has 0 amide bonds. The second kappa shape index (κ2) is 5.50. The smallest absolute Gasteiger partial charge is 0.306 e. The highest BCUT2D eigenvalue weighted by atomic mass is 32.1. The van der Waals surface area contributed by atoms with Gasteiger partial charge in [0.25, 0.3) is 5.56 Å². The second-order valence-corrected chi connectivity index (χ2v) is 5.40. The lowest BCUT2D eigenvalue weighted by Gasteiger charge is -2.09. The Labute approximate surface area is 114 Å². The molecule has 0 radical (unpaired) electrons. The molecular weight excluding hydrogens is 264 g/mol. The predicted molar refractivity (Wildman–Crippen MR) is 74.3 cm³/mol. The van der Waals surface area contributed by atoms with Gasteiger partial charge >= 0.3 is 5.69 Å². The van der Waals surface area contributed by atoms with Crippen LogP contribution >= 0.6 is 11.3 Å². The van der Waals surface area contributed by atoms with Gasteiger partial charge in [0.2, 0.25) is 0 Å². The molecule has 102 valence electrons. The van der Waals surface area contributed by atoms with Crippen LogP contribution in [0.4, 0.5) is 0 Å². The number of aromatic nitrogens is 3. The average Bonchev–Trinajstić information content (AvgIpc) is 2.79. The standard InChI is InChI=1S/C12H16N4O2S/c1-8-14-9(7-19-8)5-13-6-10-4-11(17)16(3)12(18)15(10)2/h4,7,13H,5-6H2,1-3H3. The number of nitrogens with one attached hydrogen (secondary N) is 1. The Balaban J connectivity index is 2.08. The molecule has 0 fully saturated rings. The molecule has 0 atom stereocenters. The van der Waals surface area contributed by atoms with E-state index in [4.69, 9.17) is 0 Å². The minimum Gasteiger partial charge on any atom is -0.306 e. The first kappa shape index (κ1) is 13.7. The van der Waals surface area contributed by atoms with E-state index in [0.717, 1.165) is 15.3 Å². The summed E-state index contributed by atoms with van der Waals surface area (Å²) in [6.07, 6.45) is 0. The summed E-state index contributed by atoms with van der Waals surface area (Å²) in [4.78, 5) is 27.6. The maximum Gasteiger partial charge on any atom is 0.330 e. The third-order valence-electron chi connectivity index (χ3n) is 2.90. The predicted octanol–water partition coefficient (Wildman–Crippen LogP) is 0.139. The van der Waals surface area contributed by atoms with Gasteiger partial charge in [-0.3, -0.25) is 13.9 Å². The molecule has 0 unspecified atom stereocenters. The fourth-order valence-electron chi connectivity index (χ4n) is 1.76. The van der Waals surface area contributed by atoms with Crippen molar-refractivity contribution in [3.05, 3.63) is 48.7 Å². The van der Waals surface area contributed by atoms with E-state index in [1.807, 2.05) is 12.3 Å². The maximum absolute atomic E-state index is 11.7. The molecule has 6 nitrogen and oxygen atoms in total. The molecule has 0 aliphatic rings. The van der Waals surface area contributed by atoms with Crippen molar-refractivity contribution in [1.82, 2.24) is 19.4 Å². The van der Waals surface area contributed by atoms with Gasteiger partial charge in [-0.15, -0.1) is 11.3 Å². The Hall–Kier alpha value is -1.73. The van der Waals surface area contributed by atoms with Crippen molar-refractivity contribution in [3.63, 3.8) is 0 Å². The summed E-state index contributed by atoms with van der Waals surface area (Å²) in [5.41, 5.74) is 1.04. The van der Waals surface area contributed by atoms with Gasteiger partial charge in [-0.25, -0.2) is 9.78 Å². The molecule has 0 saturated heterocycles. The summed E-state index contributed by atoms with van der Waals surface area (Å²) in [6, 6.07) is 1.47. The third kappa shape index (κ3) is 2.99. The first-order valence-electron chi connectivity index (χ1n) is 5.86. The normalized spacial score (nSPS) is 10.9. The van der Waals surface area contributed by atoms with E-state index in [9.17, 15) is 9.59 Å². The van der Waals surface area contributed by atoms with E-state index in [1.165, 1.54) is 17.7 Å². The fourth-order valence-corrected chi connectivity index (χ4v) is 2.37. The summed E-state index contributed by atoms with van der Waals surface area (Å²) in [6.45, 7) is 3.03. The number of hydrogen-bond donors (Lipinski definition) is 1. The first-order chi connectivity index (χ1) is 8.99. The van der Waals surface area contributed by atoms with Gasteiger partial charge in [0, 0.05) is 44.3 Å². The van der Waals surface area contributed by atoms with Crippen molar-refractivity contribution in [2.24, 2.45) is 14.1 Å². The van der Waals surface area contributed by atoms with Gasteiger partial charge in [0.15, 0.2) is 0 Å². The molecule has 2 rings (SSSR count). The van der Waals surface area contributed by atoms with E-state index in [-0.39, 0.29) is 11.2 Å². The zero-order valence-corrected chi connectivity index (χ0v) is 12.0. The molecule has 7 heteroatoms. The van der Waals surface area contributed by atoms with E-state index < -0.39 is 0 Å². The highest BCUT2D eigenvalue weighted by Gasteiger charge is 2.05. The van der Waals surface area contributed by atoms with Gasteiger partial charge in [-0.05, 0) is 6.92 Å². The van der Waals surface area contributed by atoms with Crippen LogP contribution in [0, 0.1) is 6.92 Å². The molecule has 2 aromatic heterocycles. The molecule has 2 heterocycles. The zero-order chi connectivity index (χ0) is 14.0. The number of aryl methyl sites for hydroxylation is 1. The fraction of sp³-hybridized carbons (Fsp3) is 0.417. The van der Waals surface area contributed by atoms with E-state index >= 15 is 0 Å². The first-order valence-corrected chi connectivity index (χ1v) is 6.74. The van der Waals surface area contributed by atoms with Crippen LogP contribution in [-0.2, 0) is 27.2 Å². The van der Waals surface area contributed by atoms with E-state index in [0.29, 0.717) is 18.8 Å². The van der Waals surface area contributed by atoms with Crippen LogP contribution < -0.4 is 16.6 Å². The Bertz CT molecular complexity index is 698. The third-order valence-corrected chi connectivity index (χ3v) is 3.73. The van der Waals surface area contributed by atoms with Crippen molar-refractivity contribution < 1.29 is 0 Å². The van der Waals surface area contributed by atoms with Crippen LogP contribution in [0.1, 0.15) is 16.4 Å². The van der Waals surface area contributed by atoms with Crippen molar-refractivity contribution in [2.75, 3.05) is 0 Å². The molecule has 0 spiro atoms. The molecule has 19 heavy (non-hydrogen) atoms. The molecule has 0 bridgehead atoms. The minimum absolute atomic E-state index is 0.288. The number of hydrogen-bond acceptors (Lipinski definition) is 5. The molecule has 0 aliphatic heterocycles. The Morgan fingerprint density at radius 2 is 2.00 bits per heavy atom. The summed E-state index contributed by atoms with van der Waals surface area (Å²) in [5, 5.41) is 6.20. The molecule has 1 N–H and O–H groups in total. The monoisotopic (exact) mass is 280 g/mol. The highest BCUT2D eigenvalue weighted by Crippen LogP contribution is 2.07. The molecule has 0 saturated carbocycles. The van der Waals surface area contributed by atoms with Gasteiger partial charge in [-0.1, -0.05) is 0 Å². The lowest BCUT2D eigenvalue weighted by molar-refractivity contribution is 0.597. The largest absolute Gasteiger partial charge is 0.330 e. The molecule has 0 aliphatic carbocycles. The zero-order valence-electron chi connectivity index (χ0n) is 11.1. The second-order valence-electron chi connectivity index (χ2n) is 4.34. The van der Waals surface area contributed by atoms with Gasteiger partial charge < -0.3 is 5.32 Å². The summed E-state index contributed by atoms with van der Waals surface area (Å²) >= 11 is 1.60. The molecular formula is C12H16N4O2S. The van der Waals surface area contributed by atoms with Gasteiger partial charge in [-0.2, -0.15) is 0 Å². The van der Waals surface area contributed by atoms with Crippen LogP contribution in [0.25, 0.3) is 0 Å². The van der Waals surface area contributed by atoms with Crippen LogP contribution in [-0.4, -0.2) is 14.1 Å². The van der Waals surface area contributed by atoms with Gasteiger partial charge in [0.1, 0.15) is 0 Å². The maximum atomic E-state index is 11.7. The van der Waals surface area contributed by atoms with Crippen molar-refractivity contribution in [3.8, 4) is 0 Å². The Morgan fingerprint density at radius 3 is 2.63 bits per heavy atom. The average molecular weight is 280 g/mol.